The Kier molecular flexibility index (Phi) is 4.74. The molecule has 0 bridgehead atoms. The number of carbonyl (C=O) groups excluding carboxylic acids is 1. The minimum Gasteiger partial charge on any atom is -0.457 e. The number of carbonyl (C=O) groups is 1. The third-order valence-corrected chi connectivity index (χ3v) is 5.02. The number of rotatable bonds is 5. The number of aryl methyl sites for hydroxylation is 1. The average Bonchev–Trinajstić information content (AvgIpc) is 2.99. The van der Waals surface area contributed by atoms with Gasteiger partial charge in [-0.15, -0.1) is 0 Å². The number of pyridine rings is 1. The van der Waals surface area contributed by atoms with Crippen LogP contribution in [0, 0.1) is 6.92 Å². The van der Waals surface area contributed by atoms with Crippen molar-refractivity contribution in [1.29, 1.82) is 0 Å². The van der Waals surface area contributed by atoms with Crippen LogP contribution in [-0.4, -0.2) is 22.8 Å². The van der Waals surface area contributed by atoms with Crippen molar-refractivity contribution < 1.29 is 9.53 Å². The summed E-state index contributed by atoms with van der Waals surface area (Å²) in [6, 6.07) is 17.8. The van der Waals surface area contributed by atoms with Crippen molar-refractivity contribution in [2.45, 2.75) is 26.4 Å². The van der Waals surface area contributed by atoms with Crippen LogP contribution in [-0.2, 0) is 6.54 Å². The van der Waals surface area contributed by atoms with Crippen LogP contribution in [0.5, 0.6) is 11.5 Å². The van der Waals surface area contributed by atoms with Crippen molar-refractivity contribution in [2.75, 3.05) is 12.4 Å². The minimum atomic E-state index is 0.0470. The molecule has 4 rings (SSSR count). The first-order valence-corrected chi connectivity index (χ1v) is 9.35. The smallest absolute Gasteiger partial charge is 0.254 e. The molecule has 2 heterocycles. The van der Waals surface area contributed by atoms with Gasteiger partial charge in [0.25, 0.3) is 5.91 Å². The first-order valence-electron chi connectivity index (χ1n) is 9.35. The highest BCUT2D eigenvalue weighted by molar-refractivity contribution is 5.99. The number of aromatic nitrogens is 1. The van der Waals surface area contributed by atoms with E-state index in [1.165, 1.54) is 5.56 Å². The van der Waals surface area contributed by atoms with Crippen molar-refractivity contribution in [3.05, 3.63) is 83.0 Å². The molecule has 1 aliphatic heterocycles. The molecule has 3 aromatic rings. The predicted molar refractivity (Wildman–Crippen MR) is 110 cm³/mol. The van der Waals surface area contributed by atoms with Gasteiger partial charge in [0, 0.05) is 30.4 Å². The number of nitrogens with zero attached hydrogens (tertiary/aromatic N) is 2. The molecule has 0 radical (unpaired) electrons. The summed E-state index contributed by atoms with van der Waals surface area (Å²) < 4.78 is 5.89. The Balaban J connectivity index is 1.47. The lowest BCUT2D eigenvalue weighted by atomic mass is 10.1. The molecule has 1 unspecified atom stereocenters. The number of hydrogen-bond acceptors (Lipinski definition) is 4. The second-order valence-corrected chi connectivity index (χ2v) is 7.20. The van der Waals surface area contributed by atoms with Gasteiger partial charge in [-0.3, -0.25) is 4.79 Å². The van der Waals surface area contributed by atoms with E-state index in [2.05, 4.69) is 24.1 Å². The molecule has 0 fully saturated rings. The van der Waals surface area contributed by atoms with Crippen LogP contribution in [0.25, 0.3) is 0 Å². The fourth-order valence-electron chi connectivity index (χ4n) is 3.35. The van der Waals surface area contributed by atoms with E-state index in [9.17, 15) is 4.79 Å². The molecule has 1 aliphatic rings. The predicted octanol–water partition coefficient (Wildman–Crippen LogP) is 4.94. The average molecular weight is 373 g/mol. The summed E-state index contributed by atoms with van der Waals surface area (Å²) in [5.41, 5.74) is 4.01. The van der Waals surface area contributed by atoms with Gasteiger partial charge in [0.1, 0.15) is 17.3 Å². The highest BCUT2D eigenvalue weighted by Crippen LogP contribution is 2.30. The van der Waals surface area contributed by atoms with Gasteiger partial charge < -0.3 is 15.0 Å². The summed E-state index contributed by atoms with van der Waals surface area (Å²) in [5.74, 6) is 2.43. The molecule has 5 heteroatoms. The molecule has 1 aromatic heterocycles. The van der Waals surface area contributed by atoms with E-state index in [1.807, 2.05) is 55.6 Å². The second kappa shape index (κ2) is 7.35. The van der Waals surface area contributed by atoms with Crippen molar-refractivity contribution in [2.24, 2.45) is 0 Å². The maximum absolute atomic E-state index is 12.2. The molecule has 1 atom stereocenters. The van der Waals surface area contributed by atoms with E-state index in [4.69, 9.17) is 4.74 Å². The lowest BCUT2D eigenvalue weighted by Gasteiger charge is -2.17. The third kappa shape index (κ3) is 3.56. The summed E-state index contributed by atoms with van der Waals surface area (Å²) in [6.45, 7) is 4.72. The molecule has 1 N–H and O–H groups in total. The van der Waals surface area contributed by atoms with Gasteiger partial charge in [0.05, 0.1) is 6.54 Å². The molecule has 2 aromatic carbocycles. The van der Waals surface area contributed by atoms with Gasteiger partial charge in [-0.05, 0) is 49.7 Å². The molecule has 142 valence electrons. The van der Waals surface area contributed by atoms with E-state index in [-0.39, 0.29) is 11.9 Å². The third-order valence-electron chi connectivity index (χ3n) is 5.02. The number of amides is 1. The molecule has 0 saturated heterocycles. The molecule has 1 amide bonds. The summed E-state index contributed by atoms with van der Waals surface area (Å²) in [4.78, 5) is 18.3. The zero-order chi connectivity index (χ0) is 19.7. The standard InChI is InChI=1S/C23H23N3O2/c1-15-4-8-18(9-5-15)28-19-10-6-17(7-11-19)16(2)25-22-21-14-26(3)23(27)20(21)12-13-24-22/h4-13,16H,14H2,1-3H3,(H,24,25). The van der Waals surface area contributed by atoms with E-state index in [0.717, 1.165) is 34.0 Å². The van der Waals surface area contributed by atoms with Crippen LogP contribution >= 0.6 is 0 Å². The van der Waals surface area contributed by atoms with Crippen LogP contribution in [0.4, 0.5) is 5.82 Å². The zero-order valence-corrected chi connectivity index (χ0v) is 16.3. The van der Waals surface area contributed by atoms with Crippen molar-refractivity contribution in [3.63, 3.8) is 0 Å². The maximum atomic E-state index is 12.2. The van der Waals surface area contributed by atoms with Crippen LogP contribution < -0.4 is 10.1 Å². The monoisotopic (exact) mass is 373 g/mol. The molecule has 0 spiro atoms. The van der Waals surface area contributed by atoms with Crippen molar-refractivity contribution >= 4 is 11.7 Å². The van der Waals surface area contributed by atoms with Crippen LogP contribution in [0.2, 0.25) is 0 Å². The lowest BCUT2D eigenvalue weighted by molar-refractivity contribution is 0.0816. The highest BCUT2D eigenvalue weighted by Gasteiger charge is 2.27. The molecular weight excluding hydrogens is 350 g/mol. The normalized spacial score (nSPS) is 14.0. The second-order valence-electron chi connectivity index (χ2n) is 7.20. The van der Waals surface area contributed by atoms with E-state index in [1.54, 1.807) is 17.2 Å². The van der Waals surface area contributed by atoms with Crippen molar-refractivity contribution in [3.8, 4) is 11.5 Å². The van der Waals surface area contributed by atoms with Gasteiger partial charge >= 0.3 is 0 Å². The van der Waals surface area contributed by atoms with Crippen LogP contribution in [0.3, 0.4) is 0 Å². The quantitative estimate of drug-likeness (QED) is 0.688. The van der Waals surface area contributed by atoms with E-state index >= 15 is 0 Å². The van der Waals surface area contributed by atoms with Crippen molar-refractivity contribution in [1.82, 2.24) is 9.88 Å². The summed E-state index contributed by atoms with van der Waals surface area (Å²) in [6.07, 6.45) is 1.68. The number of nitrogens with one attached hydrogen (secondary N) is 1. The fraction of sp³-hybridized carbons (Fsp3) is 0.217. The first-order chi connectivity index (χ1) is 13.5. The Bertz CT molecular complexity index is 997. The molecule has 5 nitrogen and oxygen atoms in total. The Morgan fingerprint density at radius 2 is 1.68 bits per heavy atom. The zero-order valence-electron chi connectivity index (χ0n) is 16.3. The van der Waals surface area contributed by atoms with E-state index in [0.29, 0.717) is 6.54 Å². The Morgan fingerprint density at radius 3 is 2.36 bits per heavy atom. The Hall–Kier alpha value is -3.34. The Morgan fingerprint density at radius 1 is 1.04 bits per heavy atom. The largest absolute Gasteiger partial charge is 0.457 e. The summed E-state index contributed by atoms with van der Waals surface area (Å²) >= 11 is 0. The lowest BCUT2D eigenvalue weighted by Crippen LogP contribution is -2.17. The maximum Gasteiger partial charge on any atom is 0.254 e. The van der Waals surface area contributed by atoms with Gasteiger partial charge in [-0.2, -0.15) is 0 Å². The highest BCUT2D eigenvalue weighted by atomic mass is 16.5. The minimum absolute atomic E-state index is 0.0470. The molecule has 28 heavy (non-hydrogen) atoms. The Labute approximate surface area is 165 Å². The molecule has 0 aliphatic carbocycles. The topological polar surface area (TPSA) is 54.5 Å². The summed E-state index contributed by atoms with van der Waals surface area (Å²) in [7, 11) is 1.81. The van der Waals surface area contributed by atoms with Crippen LogP contribution in [0.15, 0.2) is 60.8 Å². The molecular formula is C23H23N3O2. The fourth-order valence-corrected chi connectivity index (χ4v) is 3.35. The number of benzene rings is 2. The number of fused-ring (bicyclic) bond motifs is 1. The number of ether oxygens (including phenoxy) is 1. The van der Waals surface area contributed by atoms with Gasteiger partial charge in [-0.1, -0.05) is 29.8 Å². The number of hydrogen-bond donors (Lipinski definition) is 1. The SMILES string of the molecule is Cc1ccc(Oc2ccc(C(C)Nc3nccc4c3CN(C)C4=O)cc2)cc1. The van der Waals surface area contributed by atoms with E-state index < -0.39 is 0 Å². The van der Waals surface area contributed by atoms with Crippen LogP contribution in [0.1, 0.15) is 40.0 Å². The van der Waals surface area contributed by atoms with Gasteiger partial charge in [0.15, 0.2) is 0 Å². The first kappa shape index (κ1) is 18.0. The molecule has 0 saturated carbocycles. The number of anilines is 1. The summed E-state index contributed by atoms with van der Waals surface area (Å²) in [5, 5.41) is 3.44. The van der Waals surface area contributed by atoms with Gasteiger partial charge in [0.2, 0.25) is 0 Å². The van der Waals surface area contributed by atoms with Gasteiger partial charge in [-0.25, -0.2) is 4.98 Å².